The van der Waals surface area contributed by atoms with Crippen molar-refractivity contribution in [2.24, 2.45) is 5.92 Å². The summed E-state index contributed by atoms with van der Waals surface area (Å²) in [6, 6.07) is 8.98. The molecule has 1 heterocycles. The molecule has 1 aromatic rings. The van der Waals surface area contributed by atoms with E-state index >= 15 is 0 Å². The van der Waals surface area contributed by atoms with Crippen LogP contribution in [0, 0.1) is 5.92 Å². The summed E-state index contributed by atoms with van der Waals surface area (Å²) in [5, 5.41) is 3.32. The quantitative estimate of drug-likeness (QED) is 0.840. The first-order chi connectivity index (χ1) is 7.72. The summed E-state index contributed by atoms with van der Waals surface area (Å²) < 4.78 is 5.70. The van der Waals surface area contributed by atoms with Crippen LogP contribution in [0.1, 0.15) is 31.7 Å². The zero-order chi connectivity index (χ0) is 11.5. The lowest BCUT2D eigenvalue weighted by molar-refractivity contribution is 0.294. The van der Waals surface area contributed by atoms with Gasteiger partial charge in [0.1, 0.15) is 5.75 Å². The molecular weight excluding hydrogens is 198 g/mol. The van der Waals surface area contributed by atoms with Gasteiger partial charge < -0.3 is 10.1 Å². The zero-order valence-corrected chi connectivity index (χ0v) is 10.4. The van der Waals surface area contributed by atoms with E-state index in [1.54, 1.807) is 0 Å². The Bertz CT molecular complexity index is 350. The number of nitrogens with one attached hydrogen (secondary N) is 1. The van der Waals surface area contributed by atoms with Crippen LogP contribution >= 0.6 is 0 Å². The summed E-state index contributed by atoms with van der Waals surface area (Å²) in [5.74, 6) is 2.32. The summed E-state index contributed by atoms with van der Waals surface area (Å²) in [5.41, 5.74) is 1.39. The van der Waals surface area contributed by atoms with E-state index in [-0.39, 0.29) is 0 Å². The molecule has 1 aliphatic rings. The van der Waals surface area contributed by atoms with Crippen molar-refractivity contribution in [2.75, 3.05) is 13.7 Å². The van der Waals surface area contributed by atoms with Gasteiger partial charge in [-0.15, -0.1) is 0 Å². The van der Waals surface area contributed by atoms with Gasteiger partial charge in [0, 0.05) is 17.5 Å². The topological polar surface area (TPSA) is 21.3 Å². The fraction of sp³-hybridized carbons (Fsp3) is 0.571. The fourth-order valence-electron chi connectivity index (χ4n) is 2.36. The molecule has 2 nitrogen and oxygen atoms in total. The van der Waals surface area contributed by atoms with E-state index in [9.17, 15) is 0 Å². The van der Waals surface area contributed by atoms with Crippen LogP contribution in [0.15, 0.2) is 24.3 Å². The van der Waals surface area contributed by atoms with Crippen molar-refractivity contribution in [1.82, 2.24) is 5.32 Å². The van der Waals surface area contributed by atoms with Gasteiger partial charge in [0.05, 0.1) is 6.61 Å². The van der Waals surface area contributed by atoms with Crippen molar-refractivity contribution in [2.45, 2.75) is 32.2 Å². The number of rotatable bonds is 4. The van der Waals surface area contributed by atoms with Gasteiger partial charge in [-0.05, 0) is 32.4 Å². The molecule has 1 aliphatic heterocycles. The Kier molecular flexibility index (Phi) is 3.49. The molecule has 2 rings (SSSR count). The van der Waals surface area contributed by atoms with Gasteiger partial charge in [0.15, 0.2) is 0 Å². The van der Waals surface area contributed by atoms with E-state index in [4.69, 9.17) is 4.74 Å². The first kappa shape index (κ1) is 11.5. The van der Waals surface area contributed by atoms with Gasteiger partial charge in [-0.25, -0.2) is 0 Å². The molecule has 0 radical (unpaired) electrons. The van der Waals surface area contributed by atoms with E-state index in [0.717, 1.165) is 12.4 Å². The summed E-state index contributed by atoms with van der Waals surface area (Å²) in [4.78, 5) is 0. The molecule has 0 spiro atoms. The summed E-state index contributed by atoms with van der Waals surface area (Å²) in [6.45, 7) is 5.40. The predicted octanol–water partition coefficient (Wildman–Crippen LogP) is 2.80. The standard InChI is InChI=1S/C14H21NO/c1-10(11(2)15-3)8-12-9-16-14-7-5-4-6-13(12)14/h4-7,10-12,15H,8-9H2,1-3H3. The highest BCUT2D eigenvalue weighted by atomic mass is 16.5. The number of fused-ring (bicyclic) bond motifs is 1. The molecule has 0 saturated heterocycles. The number of para-hydroxylation sites is 1. The molecule has 0 aromatic heterocycles. The minimum Gasteiger partial charge on any atom is -0.493 e. The molecule has 0 aliphatic carbocycles. The second kappa shape index (κ2) is 4.88. The van der Waals surface area contributed by atoms with Crippen LogP contribution in [-0.2, 0) is 0 Å². The summed E-state index contributed by atoms with van der Waals surface area (Å²) >= 11 is 0. The molecule has 0 amide bonds. The van der Waals surface area contributed by atoms with Crippen molar-refractivity contribution >= 4 is 0 Å². The lowest BCUT2D eigenvalue weighted by Crippen LogP contribution is -2.29. The van der Waals surface area contributed by atoms with E-state index in [2.05, 4.69) is 37.4 Å². The van der Waals surface area contributed by atoms with Crippen LogP contribution in [0.25, 0.3) is 0 Å². The highest BCUT2D eigenvalue weighted by Crippen LogP contribution is 2.37. The predicted molar refractivity (Wildman–Crippen MR) is 67.0 cm³/mol. The molecule has 1 aromatic carbocycles. The Hall–Kier alpha value is -1.02. The number of ether oxygens (including phenoxy) is 1. The van der Waals surface area contributed by atoms with E-state index in [1.165, 1.54) is 12.0 Å². The van der Waals surface area contributed by atoms with Crippen LogP contribution in [-0.4, -0.2) is 19.7 Å². The third-order valence-electron chi connectivity index (χ3n) is 3.76. The molecular formula is C14H21NO. The second-order valence-corrected chi connectivity index (χ2v) is 4.84. The molecule has 0 bridgehead atoms. The van der Waals surface area contributed by atoms with Crippen molar-refractivity contribution in [3.05, 3.63) is 29.8 Å². The van der Waals surface area contributed by atoms with Gasteiger partial charge in [-0.3, -0.25) is 0 Å². The largest absolute Gasteiger partial charge is 0.493 e. The molecule has 2 heteroatoms. The Labute approximate surface area is 98.0 Å². The van der Waals surface area contributed by atoms with Crippen molar-refractivity contribution < 1.29 is 4.74 Å². The molecule has 88 valence electrons. The van der Waals surface area contributed by atoms with Crippen LogP contribution in [0.4, 0.5) is 0 Å². The SMILES string of the molecule is CNC(C)C(C)CC1COc2ccccc21. The van der Waals surface area contributed by atoms with Gasteiger partial charge in [-0.1, -0.05) is 25.1 Å². The Morgan fingerprint density at radius 2 is 2.12 bits per heavy atom. The van der Waals surface area contributed by atoms with E-state index < -0.39 is 0 Å². The normalized spacial score (nSPS) is 22.3. The average molecular weight is 219 g/mol. The maximum Gasteiger partial charge on any atom is 0.122 e. The number of hydrogen-bond donors (Lipinski definition) is 1. The lowest BCUT2D eigenvalue weighted by atomic mass is 9.88. The molecule has 16 heavy (non-hydrogen) atoms. The van der Waals surface area contributed by atoms with Crippen LogP contribution in [0.2, 0.25) is 0 Å². The van der Waals surface area contributed by atoms with Gasteiger partial charge in [0.25, 0.3) is 0 Å². The van der Waals surface area contributed by atoms with Gasteiger partial charge in [0.2, 0.25) is 0 Å². The molecule has 3 unspecified atom stereocenters. The first-order valence-electron chi connectivity index (χ1n) is 6.11. The highest BCUT2D eigenvalue weighted by Gasteiger charge is 2.26. The zero-order valence-electron chi connectivity index (χ0n) is 10.4. The lowest BCUT2D eigenvalue weighted by Gasteiger charge is -2.22. The van der Waals surface area contributed by atoms with Crippen LogP contribution in [0.5, 0.6) is 5.75 Å². The van der Waals surface area contributed by atoms with Crippen LogP contribution < -0.4 is 10.1 Å². The number of benzene rings is 1. The summed E-state index contributed by atoms with van der Waals surface area (Å²) in [7, 11) is 2.03. The minimum atomic E-state index is 0.563. The molecule has 3 atom stereocenters. The Morgan fingerprint density at radius 3 is 2.88 bits per heavy atom. The average Bonchev–Trinajstić information content (AvgIpc) is 2.72. The maximum absolute atomic E-state index is 5.70. The van der Waals surface area contributed by atoms with Crippen molar-refractivity contribution in [1.29, 1.82) is 0 Å². The second-order valence-electron chi connectivity index (χ2n) is 4.84. The Balaban J connectivity index is 2.03. The van der Waals surface area contributed by atoms with Gasteiger partial charge in [-0.2, -0.15) is 0 Å². The third-order valence-corrected chi connectivity index (χ3v) is 3.76. The van der Waals surface area contributed by atoms with Crippen molar-refractivity contribution in [3.63, 3.8) is 0 Å². The van der Waals surface area contributed by atoms with Crippen molar-refractivity contribution in [3.8, 4) is 5.75 Å². The van der Waals surface area contributed by atoms with E-state index in [0.29, 0.717) is 17.9 Å². The molecule has 0 saturated carbocycles. The maximum atomic E-state index is 5.70. The minimum absolute atomic E-state index is 0.563. The monoisotopic (exact) mass is 219 g/mol. The Morgan fingerprint density at radius 1 is 1.38 bits per heavy atom. The third kappa shape index (κ3) is 2.22. The first-order valence-corrected chi connectivity index (χ1v) is 6.11. The highest BCUT2D eigenvalue weighted by molar-refractivity contribution is 5.39. The molecule has 0 fully saturated rings. The fourth-order valence-corrected chi connectivity index (χ4v) is 2.36. The molecule has 1 N–H and O–H groups in total. The van der Waals surface area contributed by atoms with Crippen LogP contribution in [0.3, 0.4) is 0 Å². The van der Waals surface area contributed by atoms with Gasteiger partial charge >= 0.3 is 0 Å². The smallest absolute Gasteiger partial charge is 0.122 e. The van der Waals surface area contributed by atoms with E-state index in [1.807, 2.05) is 13.1 Å². The summed E-state index contributed by atoms with van der Waals surface area (Å²) in [6.07, 6.45) is 1.19. The number of hydrogen-bond acceptors (Lipinski definition) is 2.